The van der Waals surface area contributed by atoms with E-state index in [4.69, 9.17) is 9.47 Å². The minimum atomic E-state index is -0.200. The molecule has 7 heteroatoms. The van der Waals surface area contributed by atoms with Crippen LogP contribution in [0, 0.1) is 25.2 Å². The van der Waals surface area contributed by atoms with Crippen LogP contribution in [0.5, 0.6) is 11.5 Å². The Bertz CT molecular complexity index is 1120. The molecule has 0 radical (unpaired) electrons. The van der Waals surface area contributed by atoms with Crippen molar-refractivity contribution in [3.05, 3.63) is 53.1 Å². The fourth-order valence-electron chi connectivity index (χ4n) is 2.95. The van der Waals surface area contributed by atoms with Gasteiger partial charge in [0.25, 0.3) is 0 Å². The van der Waals surface area contributed by atoms with Crippen molar-refractivity contribution < 1.29 is 14.3 Å². The van der Waals surface area contributed by atoms with Crippen LogP contribution in [0.15, 0.2) is 41.4 Å². The van der Waals surface area contributed by atoms with Crippen LogP contribution in [0.3, 0.4) is 0 Å². The number of ether oxygens (including phenoxy) is 2. The number of rotatable bonds is 6. The summed E-state index contributed by atoms with van der Waals surface area (Å²) in [6.45, 7) is 3.98. The maximum atomic E-state index is 12.4. The third-order valence-electron chi connectivity index (χ3n) is 4.50. The fourth-order valence-corrected chi connectivity index (χ4v) is 3.71. The Morgan fingerprint density at radius 1 is 1.10 bits per heavy atom. The van der Waals surface area contributed by atoms with E-state index in [-0.39, 0.29) is 11.7 Å². The molecular formula is C22H21N3O3S. The van der Waals surface area contributed by atoms with Gasteiger partial charge in [-0.3, -0.25) is 4.79 Å². The third-order valence-corrected chi connectivity index (χ3v) is 5.49. The molecule has 1 aromatic heterocycles. The first kappa shape index (κ1) is 20.5. The molecule has 0 unspecified atom stereocenters. The number of carbonyl (C=O) groups is 1. The summed E-state index contributed by atoms with van der Waals surface area (Å²) in [7, 11) is 3.09. The summed E-state index contributed by atoms with van der Waals surface area (Å²) in [4.78, 5) is 17.1. The molecule has 148 valence electrons. The highest BCUT2D eigenvalue weighted by molar-refractivity contribution is 8.00. The largest absolute Gasteiger partial charge is 0.493 e. The quantitative estimate of drug-likeness (QED) is 0.607. The number of aryl methyl sites for hydroxylation is 2. The van der Waals surface area contributed by atoms with Gasteiger partial charge in [-0.25, -0.2) is 4.98 Å². The normalized spacial score (nSPS) is 10.4. The van der Waals surface area contributed by atoms with Crippen molar-refractivity contribution in [2.75, 3.05) is 25.3 Å². The first-order chi connectivity index (χ1) is 14.0. The summed E-state index contributed by atoms with van der Waals surface area (Å²) in [5, 5.41) is 13.9. The van der Waals surface area contributed by atoms with Crippen LogP contribution in [0.25, 0.3) is 10.9 Å². The lowest BCUT2D eigenvalue weighted by Crippen LogP contribution is -2.14. The molecule has 0 spiro atoms. The molecule has 3 aromatic rings. The van der Waals surface area contributed by atoms with E-state index in [9.17, 15) is 10.1 Å². The summed E-state index contributed by atoms with van der Waals surface area (Å²) in [5.41, 5.74) is 4.03. The van der Waals surface area contributed by atoms with Crippen molar-refractivity contribution in [1.29, 1.82) is 5.26 Å². The number of carbonyl (C=O) groups excluding carboxylic acids is 1. The first-order valence-electron chi connectivity index (χ1n) is 8.92. The van der Waals surface area contributed by atoms with Gasteiger partial charge in [-0.15, -0.1) is 0 Å². The molecule has 1 amide bonds. The number of methoxy groups -OCH3 is 2. The number of thioether (sulfide) groups is 1. The molecule has 0 saturated heterocycles. The number of pyridine rings is 1. The van der Waals surface area contributed by atoms with Crippen molar-refractivity contribution in [3.63, 3.8) is 0 Å². The molecule has 0 atom stereocenters. The number of aromatic nitrogens is 1. The van der Waals surface area contributed by atoms with E-state index in [1.54, 1.807) is 25.3 Å². The number of anilines is 1. The Morgan fingerprint density at radius 3 is 2.52 bits per heavy atom. The molecule has 1 N–H and O–H groups in total. The average Bonchev–Trinajstić information content (AvgIpc) is 2.74. The number of hydrogen-bond donors (Lipinski definition) is 1. The Kier molecular flexibility index (Phi) is 6.25. The predicted octanol–water partition coefficient (Wildman–Crippen LogP) is 4.47. The van der Waals surface area contributed by atoms with Crippen LogP contribution in [0.2, 0.25) is 0 Å². The van der Waals surface area contributed by atoms with Crippen LogP contribution in [0.1, 0.15) is 16.7 Å². The van der Waals surface area contributed by atoms with Gasteiger partial charge < -0.3 is 14.8 Å². The zero-order chi connectivity index (χ0) is 21.0. The zero-order valence-corrected chi connectivity index (χ0v) is 17.5. The average molecular weight is 407 g/mol. The highest BCUT2D eigenvalue weighted by Gasteiger charge is 2.13. The summed E-state index contributed by atoms with van der Waals surface area (Å²) >= 11 is 1.24. The molecule has 0 aliphatic heterocycles. The summed E-state index contributed by atoms with van der Waals surface area (Å²) < 4.78 is 10.5. The molecule has 0 saturated carbocycles. The Labute approximate surface area is 173 Å². The van der Waals surface area contributed by atoms with E-state index in [1.807, 2.05) is 32.0 Å². The van der Waals surface area contributed by atoms with Crippen molar-refractivity contribution >= 4 is 34.3 Å². The molecule has 2 aromatic carbocycles. The maximum Gasteiger partial charge on any atom is 0.234 e. The first-order valence-corrected chi connectivity index (χ1v) is 9.91. The van der Waals surface area contributed by atoms with Crippen LogP contribution in [-0.4, -0.2) is 30.9 Å². The number of amides is 1. The van der Waals surface area contributed by atoms with Crippen LogP contribution in [-0.2, 0) is 4.79 Å². The minimum absolute atomic E-state index is 0.131. The number of nitriles is 1. The van der Waals surface area contributed by atoms with Crippen molar-refractivity contribution in [2.45, 2.75) is 18.9 Å². The van der Waals surface area contributed by atoms with Crippen LogP contribution >= 0.6 is 11.8 Å². The highest BCUT2D eigenvalue weighted by atomic mass is 32.2. The van der Waals surface area contributed by atoms with E-state index in [1.165, 1.54) is 18.9 Å². The smallest absolute Gasteiger partial charge is 0.234 e. The fraction of sp³-hybridized carbons (Fsp3) is 0.227. The number of nitrogens with zero attached hydrogens (tertiary/aromatic N) is 2. The molecule has 6 nitrogen and oxygen atoms in total. The monoisotopic (exact) mass is 407 g/mol. The van der Waals surface area contributed by atoms with Gasteiger partial charge in [0.05, 0.1) is 31.1 Å². The maximum absolute atomic E-state index is 12.4. The lowest BCUT2D eigenvalue weighted by atomic mass is 10.0. The van der Waals surface area contributed by atoms with E-state index in [0.29, 0.717) is 27.8 Å². The van der Waals surface area contributed by atoms with Crippen molar-refractivity contribution in [1.82, 2.24) is 4.98 Å². The van der Waals surface area contributed by atoms with Gasteiger partial charge in [-0.2, -0.15) is 5.26 Å². The number of benzene rings is 2. The number of fused-ring (bicyclic) bond motifs is 1. The molecule has 3 rings (SSSR count). The second kappa shape index (κ2) is 8.84. The molecular weight excluding hydrogens is 386 g/mol. The minimum Gasteiger partial charge on any atom is -0.493 e. The van der Waals surface area contributed by atoms with Crippen molar-refractivity contribution in [2.24, 2.45) is 0 Å². The Hall–Kier alpha value is -3.24. The Balaban J connectivity index is 1.77. The lowest BCUT2D eigenvalue weighted by Gasteiger charge is -2.11. The molecule has 1 heterocycles. The van der Waals surface area contributed by atoms with E-state index >= 15 is 0 Å². The van der Waals surface area contributed by atoms with Gasteiger partial charge in [-0.1, -0.05) is 23.9 Å². The van der Waals surface area contributed by atoms with Gasteiger partial charge >= 0.3 is 0 Å². The molecule has 0 fully saturated rings. The second-order valence-electron chi connectivity index (χ2n) is 6.46. The molecule has 0 aliphatic carbocycles. The standard InChI is InChI=1S/C22H21N3O3S/c1-13-5-6-14(2)21-17(13)9-15(11-23)22(25-21)29-12-20(26)24-16-7-8-18(27-3)19(10-16)28-4/h5-10H,12H2,1-4H3,(H,24,26). The van der Waals surface area contributed by atoms with Gasteiger partial charge in [0.1, 0.15) is 11.1 Å². The third kappa shape index (κ3) is 4.44. The zero-order valence-electron chi connectivity index (χ0n) is 16.7. The topological polar surface area (TPSA) is 84.2 Å². The molecule has 29 heavy (non-hydrogen) atoms. The lowest BCUT2D eigenvalue weighted by molar-refractivity contribution is -0.113. The van der Waals surface area contributed by atoms with Crippen molar-refractivity contribution in [3.8, 4) is 17.6 Å². The van der Waals surface area contributed by atoms with E-state index < -0.39 is 0 Å². The van der Waals surface area contributed by atoms with Gasteiger partial charge in [0, 0.05) is 17.1 Å². The SMILES string of the molecule is COc1ccc(NC(=O)CSc2nc3c(C)ccc(C)c3cc2C#N)cc1OC. The van der Waals surface area contributed by atoms with Gasteiger partial charge in [0.15, 0.2) is 11.5 Å². The summed E-state index contributed by atoms with van der Waals surface area (Å²) in [6, 6.07) is 13.2. The van der Waals surface area contributed by atoms with E-state index in [2.05, 4.69) is 16.4 Å². The molecule has 0 bridgehead atoms. The number of hydrogen-bond acceptors (Lipinski definition) is 6. The van der Waals surface area contributed by atoms with Gasteiger partial charge in [-0.05, 0) is 43.2 Å². The van der Waals surface area contributed by atoms with Crippen LogP contribution in [0.4, 0.5) is 5.69 Å². The Morgan fingerprint density at radius 2 is 1.83 bits per heavy atom. The number of nitrogens with one attached hydrogen (secondary N) is 1. The van der Waals surface area contributed by atoms with E-state index in [0.717, 1.165) is 22.0 Å². The predicted molar refractivity (Wildman–Crippen MR) is 115 cm³/mol. The van der Waals surface area contributed by atoms with Crippen LogP contribution < -0.4 is 14.8 Å². The summed E-state index contributed by atoms with van der Waals surface area (Å²) in [6.07, 6.45) is 0. The molecule has 0 aliphatic rings. The highest BCUT2D eigenvalue weighted by Crippen LogP contribution is 2.31. The van der Waals surface area contributed by atoms with Gasteiger partial charge in [0.2, 0.25) is 5.91 Å². The summed E-state index contributed by atoms with van der Waals surface area (Å²) in [5.74, 6) is 1.05. The second-order valence-corrected chi connectivity index (χ2v) is 7.42.